The minimum absolute atomic E-state index is 0.0345. The predicted octanol–water partition coefficient (Wildman–Crippen LogP) is 2.27. The summed E-state index contributed by atoms with van der Waals surface area (Å²) in [5, 5.41) is 6.79. The van der Waals surface area contributed by atoms with Gasteiger partial charge in [-0.3, -0.25) is 4.79 Å². The van der Waals surface area contributed by atoms with Gasteiger partial charge in [0.15, 0.2) is 0 Å². The molecule has 1 fully saturated rings. The molecule has 0 aliphatic carbocycles. The Morgan fingerprint density at radius 2 is 2.33 bits per heavy atom. The fraction of sp³-hybridized carbons (Fsp3) is 0.500. The number of hydrogen-bond donors (Lipinski definition) is 2. The Balaban J connectivity index is 1.76. The van der Waals surface area contributed by atoms with Crippen LogP contribution in [0.2, 0.25) is 0 Å². The fourth-order valence-corrected chi connectivity index (χ4v) is 3.20. The summed E-state index contributed by atoms with van der Waals surface area (Å²) in [6.07, 6.45) is 3.98. The van der Waals surface area contributed by atoms with Gasteiger partial charge in [0.25, 0.3) is 0 Å². The van der Waals surface area contributed by atoms with Gasteiger partial charge in [0.2, 0.25) is 5.91 Å². The van der Waals surface area contributed by atoms with E-state index in [2.05, 4.69) is 31.5 Å². The molecule has 6 heteroatoms. The standard InChI is InChI=1S/C12H16BrN3OS/c13-12-10(2-1-5-15-12)16-11(17)8-18-9-3-6-14-7-4-9/h1-2,5,9,14H,3-4,6-8H2,(H,16,17). The molecule has 1 aliphatic rings. The summed E-state index contributed by atoms with van der Waals surface area (Å²) in [6.45, 7) is 2.13. The number of aromatic nitrogens is 1. The van der Waals surface area contributed by atoms with Crippen molar-refractivity contribution in [2.24, 2.45) is 0 Å². The highest BCUT2D eigenvalue weighted by Gasteiger charge is 2.15. The van der Waals surface area contributed by atoms with Gasteiger partial charge in [0.05, 0.1) is 11.4 Å². The van der Waals surface area contributed by atoms with E-state index in [1.807, 2.05) is 6.07 Å². The molecule has 1 aromatic rings. The van der Waals surface area contributed by atoms with Crippen molar-refractivity contribution in [2.75, 3.05) is 24.2 Å². The number of pyridine rings is 1. The first-order chi connectivity index (χ1) is 8.75. The average Bonchev–Trinajstić information content (AvgIpc) is 2.40. The Labute approximate surface area is 119 Å². The number of nitrogens with zero attached hydrogens (tertiary/aromatic N) is 1. The van der Waals surface area contributed by atoms with E-state index in [1.165, 1.54) is 0 Å². The minimum atomic E-state index is 0.0345. The lowest BCUT2D eigenvalue weighted by molar-refractivity contribution is -0.113. The van der Waals surface area contributed by atoms with Crippen LogP contribution in [0.4, 0.5) is 5.69 Å². The molecule has 98 valence electrons. The second-order valence-corrected chi connectivity index (χ2v) is 6.19. The van der Waals surface area contributed by atoms with Crippen LogP contribution in [0, 0.1) is 0 Å². The molecule has 1 amide bonds. The predicted molar refractivity (Wildman–Crippen MR) is 78.9 cm³/mol. The molecule has 1 aliphatic heterocycles. The molecule has 4 nitrogen and oxygen atoms in total. The second-order valence-electron chi connectivity index (χ2n) is 4.15. The van der Waals surface area contributed by atoms with Crippen LogP contribution in [0.15, 0.2) is 22.9 Å². The maximum absolute atomic E-state index is 11.8. The van der Waals surface area contributed by atoms with Crippen LogP contribution < -0.4 is 10.6 Å². The molecule has 18 heavy (non-hydrogen) atoms. The van der Waals surface area contributed by atoms with Crippen LogP contribution in [-0.2, 0) is 4.79 Å². The highest BCUT2D eigenvalue weighted by molar-refractivity contribution is 9.10. The molecule has 0 spiro atoms. The van der Waals surface area contributed by atoms with Crippen LogP contribution in [0.5, 0.6) is 0 Å². The van der Waals surface area contributed by atoms with Crippen molar-refractivity contribution in [1.29, 1.82) is 0 Å². The third-order valence-electron chi connectivity index (χ3n) is 2.77. The summed E-state index contributed by atoms with van der Waals surface area (Å²) in [5.41, 5.74) is 0.730. The van der Waals surface area contributed by atoms with E-state index in [9.17, 15) is 4.79 Å². The number of thioether (sulfide) groups is 1. The zero-order valence-corrected chi connectivity index (χ0v) is 12.4. The Bertz CT molecular complexity index is 410. The third kappa shape index (κ3) is 4.26. The highest BCUT2D eigenvalue weighted by Crippen LogP contribution is 2.22. The Hall–Kier alpha value is -0.590. The molecular formula is C12H16BrN3OS. The van der Waals surface area contributed by atoms with E-state index in [0.717, 1.165) is 31.6 Å². The largest absolute Gasteiger partial charge is 0.323 e. The van der Waals surface area contributed by atoms with Crippen molar-refractivity contribution in [1.82, 2.24) is 10.3 Å². The van der Waals surface area contributed by atoms with Crippen LogP contribution in [0.3, 0.4) is 0 Å². The van der Waals surface area contributed by atoms with Crippen LogP contribution in [0.1, 0.15) is 12.8 Å². The molecule has 1 saturated heterocycles. The molecule has 0 unspecified atom stereocenters. The molecule has 0 saturated carbocycles. The smallest absolute Gasteiger partial charge is 0.234 e. The zero-order valence-electron chi connectivity index (χ0n) is 9.99. The van der Waals surface area contributed by atoms with Crippen molar-refractivity contribution in [2.45, 2.75) is 18.1 Å². The second kappa shape index (κ2) is 7.11. The zero-order chi connectivity index (χ0) is 12.8. The number of carbonyl (C=O) groups is 1. The summed E-state index contributed by atoms with van der Waals surface area (Å²) in [7, 11) is 0. The SMILES string of the molecule is O=C(CSC1CCNCC1)Nc1cccnc1Br. The van der Waals surface area contributed by atoms with Gasteiger partial charge in [-0.2, -0.15) is 0 Å². The molecule has 1 aromatic heterocycles. The molecule has 2 N–H and O–H groups in total. The van der Waals surface area contributed by atoms with Crippen LogP contribution in [0.25, 0.3) is 0 Å². The summed E-state index contributed by atoms with van der Waals surface area (Å²) in [4.78, 5) is 15.9. The van der Waals surface area contributed by atoms with E-state index in [0.29, 0.717) is 15.6 Å². The maximum Gasteiger partial charge on any atom is 0.234 e. The normalized spacial score (nSPS) is 16.5. The van der Waals surface area contributed by atoms with Gasteiger partial charge in [-0.25, -0.2) is 4.98 Å². The van der Waals surface area contributed by atoms with E-state index >= 15 is 0 Å². The van der Waals surface area contributed by atoms with Crippen molar-refractivity contribution < 1.29 is 4.79 Å². The number of halogens is 1. The average molecular weight is 330 g/mol. The number of carbonyl (C=O) groups excluding carboxylic acids is 1. The van der Waals surface area contributed by atoms with Crippen molar-refractivity contribution in [3.05, 3.63) is 22.9 Å². The summed E-state index contributed by atoms with van der Waals surface area (Å²) >= 11 is 5.05. The number of piperidine rings is 1. The molecule has 0 bridgehead atoms. The molecular weight excluding hydrogens is 314 g/mol. The molecule has 2 heterocycles. The topological polar surface area (TPSA) is 54.0 Å². The van der Waals surface area contributed by atoms with Gasteiger partial charge in [0, 0.05) is 11.4 Å². The van der Waals surface area contributed by atoms with Gasteiger partial charge in [0.1, 0.15) is 4.60 Å². The summed E-state index contributed by atoms with van der Waals surface area (Å²) < 4.78 is 0.671. The van der Waals surface area contributed by atoms with Crippen molar-refractivity contribution >= 4 is 39.3 Å². The van der Waals surface area contributed by atoms with Crippen molar-refractivity contribution in [3.8, 4) is 0 Å². The van der Waals surface area contributed by atoms with Gasteiger partial charge in [-0.15, -0.1) is 11.8 Å². The maximum atomic E-state index is 11.8. The van der Waals surface area contributed by atoms with E-state index in [4.69, 9.17) is 0 Å². The number of nitrogens with one attached hydrogen (secondary N) is 2. The molecule has 0 aromatic carbocycles. The Kier molecular flexibility index (Phi) is 5.46. The number of anilines is 1. The lowest BCUT2D eigenvalue weighted by atomic mass is 10.2. The quantitative estimate of drug-likeness (QED) is 0.832. The van der Waals surface area contributed by atoms with E-state index in [1.54, 1.807) is 24.0 Å². The summed E-state index contributed by atoms with van der Waals surface area (Å²) in [5.74, 6) is 0.540. The monoisotopic (exact) mass is 329 g/mol. The van der Waals surface area contributed by atoms with Crippen LogP contribution >= 0.6 is 27.7 Å². The fourth-order valence-electron chi connectivity index (χ4n) is 1.82. The first-order valence-corrected chi connectivity index (χ1v) is 7.82. The first kappa shape index (κ1) is 13.8. The highest BCUT2D eigenvalue weighted by atomic mass is 79.9. The number of amides is 1. The van der Waals surface area contributed by atoms with E-state index in [-0.39, 0.29) is 5.91 Å². The van der Waals surface area contributed by atoms with Gasteiger partial charge in [-0.05, 0) is 54.0 Å². The lowest BCUT2D eigenvalue weighted by Gasteiger charge is -2.21. The van der Waals surface area contributed by atoms with Gasteiger partial charge in [-0.1, -0.05) is 0 Å². The third-order valence-corrected chi connectivity index (χ3v) is 4.77. The molecule has 0 atom stereocenters. The van der Waals surface area contributed by atoms with Crippen molar-refractivity contribution in [3.63, 3.8) is 0 Å². The lowest BCUT2D eigenvalue weighted by Crippen LogP contribution is -2.30. The molecule has 0 radical (unpaired) electrons. The van der Waals surface area contributed by atoms with E-state index < -0.39 is 0 Å². The number of hydrogen-bond acceptors (Lipinski definition) is 4. The Morgan fingerprint density at radius 1 is 1.56 bits per heavy atom. The first-order valence-electron chi connectivity index (χ1n) is 5.98. The van der Waals surface area contributed by atoms with Crippen LogP contribution in [-0.4, -0.2) is 35.0 Å². The Morgan fingerprint density at radius 3 is 3.06 bits per heavy atom. The minimum Gasteiger partial charge on any atom is -0.323 e. The van der Waals surface area contributed by atoms with Gasteiger partial charge >= 0.3 is 0 Å². The summed E-state index contributed by atoms with van der Waals surface area (Å²) in [6, 6.07) is 3.64. The number of rotatable bonds is 4. The van der Waals surface area contributed by atoms with Gasteiger partial charge < -0.3 is 10.6 Å². The molecule has 2 rings (SSSR count).